The highest BCUT2D eigenvalue weighted by Gasteiger charge is 2.47. The Hall–Kier alpha value is -0.820. The lowest BCUT2D eigenvalue weighted by molar-refractivity contribution is 0.261. The van der Waals surface area contributed by atoms with Crippen LogP contribution in [0.25, 0.3) is 0 Å². The monoisotopic (exact) mass is 176 g/mol. The highest BCUT2D eigenvalue weighted by Crippen LogP contribution is 2.48. The molecule has 2 atom stereocenters. The van der Waals surface area contributed by atoms with Crippen LogP contribution in [-0.4, -0.2) is 6.10 Å². The van der Waals surface area contributed by atoms with E-state index >= 15 is 0 Å². The van der Waals surface area contributed by atoms with Crippen molar-refractivity contribution in [1.29, 1.82) is 0 Å². The fourth-order valence-corrected chi connectivity index (χ4v) is 1.67. The van der Waals surface area contributed by atoms with Crippen LogP contribution in [0.2, 0.25) is 0 Å². The zero-order valence-corrected chi connectivity index (χ0v) is 8.45. The summed E-state index contributed by atoms with van der Waals surface area (Å²) in [5.74, 6) is 0. The molecule has 2 rings (SSSR count). The van der Waals surface area contributed by atoms with Gasteiger partial charge in [0, 0.05) is 0 Å². The summed E-state index contributed by atoms with van der Waals surface area (Å²) in [5, 5.41) is 0. The van der Waals surface area contributed by atoms with Crippen LogP contribution in [0, 0.1) is 5.41 Å². The number of ether oxygens (including phenoxy) is 1. The second-order valence-electron chi connectivity index (χ2n) is 4.75. The van der Waals surface area contributed by atoms with Crippen molar-refractivity contribution in [3.8, 4) is 0 Å². The van der Waals surface area contributed by atoms with Gasteiger partial charge in [-0.1, -0.05) is 51.1 Å². The largest absolute Gasteiger partial charge is 0.364 e. The fourth-order valence-electron chi connectivity index (χ4n) is 1.67. The smallest absolute Gasteiger partial charge is 0.110 e. The van der Waals surface area contributed by atoms with E-state index in [-0.39, 0.29) is 5.41 Å². The number of epoxide rings is 1. The Morgan fingerprint density at radius 1 is 1.08 bits per heavy atom. The van der Waals surface area contributed by atoms with Crippen molar-refractivity contribution in [3.05, 3.63) is 35.9 Å². The van der Waals surface area contributed by atoms with Crippen LogP contribution < -0.4 is 0 Å². The summed E-state index contributed by atoms with van der Waals surface area (Å²) in [6.45, 7) is 6.67. The topological polar surface area (TPSA) is 12.5 Å². The number of benzene rings is 1. The van der Waals surface area contributed by atoms with Crippen molar-refractivity contribution in [2.24, 2.45) is 5.41 Å². The molecule has 0 aliphatic carbocycles. The molecule has 1 nitrogen and oxygen atoms in total. The summed E-state index contributed by atoms with van der Waals surface area (Å²) in [6.07, 6.45) is 0.732. The molecule has 0 spiro atoms. The van der Waals surface area contributed by atoms with Crippen LogP contribution in [0.15, 0.2) is 30.3 Å². The van der Waals surface area contributed by atoms with E-state index in [1.54, 1.807) is 0 Å². The Kier molecular flexibility index (Phi) is 1.92. The van der Waals surface area contributed by atoms with E-state index in [0.717, 1.165) is 0 Å². The third-order valence-electron chi connectivity index (χ3n) is 2.47. The second-order valence-corrected chi connectivity index (χ2v) is 4.75. The third-order valence-corrected chi connectivity index (χ3v) is 2.47. The quantitative estimate of drug-likeness (QED) is 0.599. The Morgan fingerprint density at radius 2 is 1.69 bits per heavy atom. The average molecular weight is 176 g/mol. The van der Waals surface area contributed by atoms with E-state index in [9.17, 15) is 0 Å². The van der Waals surface area contributed by atoms with Gasteiger partial charge in [-0.2, -0.15) is 0 Å². The van der Waals surface area contributed by atoms with Gasteiger partial charge in [0.25, 0.3) is 0 Å². The molecule has 1 heteroatoms. The van der Waals surface area contributed by atoms with Crippen LogP contribution in [0.1, 0.15) is 32.4 Å². The minimum Gasteiger partial charge on any atom is -0.364 e. The van der Waals surface area contributed by atoms with Crippen LogP contribution in [-0.2, 0) is 4.74 Å². The maximum atomic E-state index is 5.67. The van der Waals surface area contributed by atoms with Crippen LogP contribution in [0.4, 0.5) is 0 Å². The Balaban J connectivity index is 2.09. The van der Waals surface area contributed by atoms with Gasteiger partial charge in [0.1, 0.15) is 6.10 Å². The summed E-state index contributed by atoms with van der Waals surface area (Å²) < 4.78 is 5.67. The van der Waals surface area contributed by atoms with Gasteiger partial charge in [0.2, 0.25) is 0 Å². The maximum absolute atomic E-state index is 5.67. The normalized spacial score (nSPS) is 27.3. The minimum atomic E-state index is 0.264. The zero-order chi connectivity index (χ0) is 9.47. The maximum Gasteiger partial charge on any atom is 0.110 e. The Labute approximate surface area is 79.7 Å². The van der Waals surface area contributed by atoms with Crippen LogP contribution in [0.5, 0.6) is 0 Å². The number of hydrogen-bond acceptors (Lipinski definition) is 1. The highest BCUT2D eigenvalue weighted by atomic mass is 16.6. The molecule has 0 N–H and O–H groups in total. The standard InChI is InChI=1S/C12H16O/c1-12(2,3)11-10(13-11)9-7-5-4-6-8-9/h4-8,10-11H,1-3H3/t10-,11+/m1/s1. The molecule has 0 unspecified atom stereocenters. The van der Waals surface area contributed by atoms with Gasteiger partial charge in [-0.3, -0.25) is 0 Å². The lowest BCUT2D eigenvalue weighted by atomic mass is 9.88. The molecule has 1 aliphatic rings. The first-order valence-corrected chi connectivity index (χ1v) is 4.79. The summed E-state index contributed by atoms with van der Waals surface area (Å²) >= 11 is 0. The molecule has 0 radical (unpaired) electrons. The van der Waals surface area contributed by atoms with Crippen molar-refractivity contribution in [2.45, 2.75) is 33.0 Å². The molecular formula is C12H16O. The Morgan fingerprint density at radius 3 is 2.15 bits per heavy atom. The summed E-state index contributed by atoms with van der Waals surface area (Å²) in [6, 6.07) is 10.4. The second kappa shape index (κ2) is 2.85. The van der Waals surface area contributed by atoms with Crippen molar-refractivity contribution < 1.29 is 4.74 Å². The van der Waals surface area contributed by atoms with E-state index in [4.69, 9.17) is 4.74 Å². The van der Waals surface area contributed by atoms with Crippen LogP contribution in [0.3, 0.4) is 0 Å². The summed E-state index contributed by atoms with van der Waals surface area (Å²) in [7, 11) is 0. The molecule has 1 aromatic rings. The molecule has 0 saturated carbocycles. The van der Waals surface area contributed by atoms with E-state index in [0.29, 0.717) is 12.2 Å². The Bertz CT molecular complexity index is 284. The van der Waals surface area contributed by atoms with E-state index in [1.165, 1.54) is 5.56 Å². The first-order chi connectivity index (χ1) is 6.09. The van der Waals surface area contributed by atoms with Gasteiger partial charge in [-0.15, -0.1) is 0 Å². The van der Waals surface area contributed by atoms with Crippen molar-refractivity contribution >= 4 is 0 Å². The van der Waals surface area contributed by atoms with Crippen molar-refractivity contribution in [2.75, 3.05) is 0 Å². The predicted molar refractivity (Wildman–Crippen MR) is 53.5 cm³/mol. The molecule has 0 amide bonds. The van der Waals surface area contributed by atoms with Gasteiger partial charge in [-0.25, -0.2) is 0 Å². The average Bonchev–Trinajstić information content (AvgIpc) is 2.83. The molecule has 1 saturated heterocycles. The van der Waals surface area contributed by atoms with Gasteiger partial charge in [0.15, 0.2) is 0 Å². The highest BCUT2D eigenvalue weighted by molar-refractivity contribution is 5.23. The number of hydrogen-bond donors (Lipinski definition) is 0. The summed E-state index contributed by atoms with van der Waals surface area (Å²) in [5.41, 5.74) is 1.57. The SMILES string of the molecule is CC(C)(C)[C@H]1O[C@@H]1c1ccccc1. The van der Waals surface area contributed by atoms with Gasteiger partial charge in [0.05, 0.1) is 6.10 Å². The summed E-state index contributed by atoms with van der Waals surface area (Å²) in [4.78, 5) is 0. The third kappa shape index (κ3) is 1.75. The predicted octanol–water partition coefficient (Wildman–Crippen LogP) is 3.17. The molecule has 13 heavy (non-hydrogen) atoms. The fraction of sp³-hybridized carbons (Fsp3) is 0.500. The van der Waals surface area contributed by atoms with E-state index in [2.05, 4.69) is 45.0 Å². The molecule has 1 heterocycles. The van der Waals surface area contributed by atoms with Gasteiger partial charge >= 0.3 is 0 Å². The molecule has 70 valence electrons. The molecule has 0 aromatic heterocycles. The van der Waals surface area contributed by atoms with Crippen molar-refractivity contribution in [3.63, 3.8) is 0 Å². The van der Waals surface area contributed by atoms with Crippen molar-refractivity contribution in [1.82, 2.24) is 0 Å². The molecule has 1 aliphatic heterocycles. The van der Waals surface area contributed by atoms with E-state index in [1.807, 2.05) is 6.07 Å². The molecular weight excluding hydrogens is 160 g/mol. The molecule has 1 aromatic carbocycles. The first-order valence-electron chi connectivity index (χ1n) is 4.79. The van der Waals surface area contributed by atoms with Gasteiger partial charge in [-0.05, 0) is 11.0 Å². The lowest BCUT2D eigenvalue weighted by Gasteiger charge is -2.14. The lowest BCUT2D eigenvalue weighted by Crippen LogP contribution is -2.14. The number of rotatable bonds is 1. The minimum absolute atomic E-state index is 0.264. The van der Waals surface area contributed by atoms with E-state index < -0.39 is 0 Å². The molecule has 1 fully saturated rings. The molecule has 0 bridgehead atoms. The van der Waals surface area contributed by atoms with Gasteiger partial charge < -0.3 is 4.74 Å². The van der Waals surface area contributed by atoms with Crippen LogP contribution >= 0.6 is 0 Å². The first kappa shape index (κ1) is 8.76. The zero-order valence-electron chi connectivity index (χ0n) is 8.45.